The lowest BCUT2D eigenvalue weighted by molar-refractivity contribution is 0.171. The molecule has 21 heavy (non-hydrogen) atoms. The first-order valence-corrected chi connectivity index (χ1v) is 7.41. The fraction of sp³-hybridized carbons (Fsp3) is 0.353. The topological polar surface area (TPSA) is 43.4 Å². The summed E-state index contributed by atoms with van der Waals surface area (Å²) < 4.78 is 11.2. The van der Waals surface area contributed by atoms with Gasteiger partial charge in [-0.05, 0) is 42.3 Å². The number of ether oxygens (including phenoxy) is 2. The van der Waals surface area contributed by atoms with Gasteiger partial charge in [-0.15, -0.1) is 0 Å². The molecule has 3 rings (SSSR count). The van der Waals surface area contributed by atoms with Crippen LogP contribution < -0.4 is 14.8 Å². The van der Waals surface area contributed by atoms with Crippen molar-refractivity contribution in [2.75, 3.05) is 19.8 Å². The van der Waals surface area contributed by atoms with E-state index in [1.54, 1.807) is 0 Å². The Morgan fingerprint density at radius 2 is 1.90 bits per heavy atom. The Bertz CT molecular complexity index is 613. The minimum absolute atomic E-state index is 0.607. The summed E-state index contributed by atoms with van der Waals surface area (Å²) in [7, 11) is 0. The predicted octanol–water partition coefficient (Wildman–Crippen LogP) is 3.02. The van der Waals surface area contributed by atoms with Crippen LogP contribution in [0.1, 0.15) is 18.9 Å². The lowest BCUT2D eigenvalue weighted by Crippen LogP contribution is -2.15. The van der Waals surface area contributed by atoms with E-state index in [2.05, 4.69) is 23.3 Å². The Morgan fingerprint density at radius 1 is 1.05 bits per heavy atom. The van der Waals surface area contributed by atoms with Crippen LogP contribution in [0.3, 0.4) is 0 Å². The van der Waals surface area contributed by atoms with Crippen molar-refractivity contribution in [3.63, 3.8) is 0 Å². The number of fused-ring (bicyclic) bond motifs is 1. The van der Waals surface area contributed by atoms with Gasteiger partial charge in [0.1, 0.15) is 13.2 Å². The molecule has 0 unspecified atom stereocenters. The molecule has 4 nitrogen and oxygen atoms in total. The second-order valence-corrected chi connectivity index (χ2v) is 5.12. The maximum Gasteiger partial charge on any atom is 0.161 e. The highest BCUT2D eigenvalue weighted by Gasteiger charge is 2.12. The molecule has 1 aliphatic rings. The third-order valence-electron chi connectivity index (χ3n) is 3.43. The smallest absolute Gasteiger partial charge is 0.161 e. The normalized spacial score (nSPS) is 13.2. The lowest BCUT2D eigenvalue weighted by Gasteiger charge is -2.19. The molecule has 0 spiro atoms. The average molecular weight is 284 g/mol. The maximum absolute atomic E-state index is 5.64. The second kappa shape index (κ2) is 6.59. The number of pyridine rings is 1. The van der Waals surface area contributed by atoms with Crippen LogP contribution in [0.2, 0.25) is 0 Å². The molecule has 0 amide bonds. The summed E-state index contributed by atoms with van der Waals surface area (Å²) >= 11 is 0. The average Bonchev–Trinajstić information content (AvgIpc) is 2.55. The van der Waals surface area contributed by atoms with Gasteiger partial charge in [0.2, 0.25) is 0 Å². The van der Waals surface area contributed by atoms with Crippen LogP contribution >= 0.6 is 0 Å². The first-order chi connectivity index (χ1) is 10.4. The van der Waals surface area contributed by atoms with Crippen LogP contribution in [0.15, 0.2) is 36.7 Å². The van der Waals surface area contributed by atoms with Gasteiger partial charge in [-0.3, -0.25) is 4.98 Å². The van der Waals surface area contributed by atoms with Gasteiger partial charge >= 0.3 is 0 Å². The number of aromatic nitrogens is 1. The summed E-state index contributed by atoms with van der Waals surface area (Å²) in [6, 6.07) is 8.20. The van der Waals surface area contributed by atoms with E-state index in [1.807, 2.05) is 30.6 Å². The van der Waals surface area contributed by atoms with Crippen LogP contribution in [0, 0.1) is 0 Å². The molecule has 1 aromatic carbocycles. The fourth-order valence-electron chi connectivity index (χ4n) is 2.37. The molecule has 2 aromatic rings. The van der Waals surface area contributed by atoms with Crippen molar-refractivity contribution in [1.29, 1.82) is 0 Å². The third kappa shape index (κ3) is 3.34. The number of nitrogens with zero attached hydrogens (tertiary/aromatic N) is 1. The van der Waals surface area contributed by atoms with E-state index < -0.39 is 0 Å². The quantitative estimate of drug-likeness (QED) is 0.857. The SMILES string of the molecule is CCCNCc1cncc(-c2ccc3c(c2)OCCO3)c1. The second-order valence-electron chi connectivity index (χ2n) is 5.12. The Morgan fingerprint density at radius 3 is 2.76 bits per heavy atom. The van der Waals surface area contributed by atoms with E-state index in [4.69, 9.17) is 9.47 Å². The van der Waals surface area contributed by atoms with Gasteiger partial charge in [0, 0.05) is 24.5 Å². The summed E-state index contributed by atoms with van der Waals surface area (Å²) in [4.78, 5) is 4.34. The number of hydrogen-bond donors (Lipinski definition) is 1. The standard InChI is InChI=1S/C17H20N2O2/c1-2-5-18-10-13-8-15(12-19-11-13)14-3-4-16-17(9-14)21-7-6-20-16/h3-4,8-9,11-12,18H,2,5-7,10H2,1H3. The van der Waals surface area contributed by atoms with Crippen molar-refractivity contribution < 1.29 is 9.47 Å². The fourth-order valence-corrected chi connectivity index (χ4v) is 2.37. The Labute approximate surface area is 125 Å². The predicted molar refractivity (Wildman–Crippen MR) is 82.7 cm³/mol. The third-order valence-corrected chi connectivity index (χ3v) is 3.43. The highest BCUT2D eigenvalue weighted by Crippen LogP contribution is 2.34. The van der Waals surface area contributed by atoms with E-state index in [0.29, 0.717) is 13.2 Å². The summed E-state index contributed by atoms with van der Waals surface area (Å²) in [5.74, 6) is 1.63. The van der Waals surface area contributed by atoms with Crippen LogP contribution in [0.4, 0.5) is 0 Å². The zero-order valence-corrected chi connectivity index (χ0v) is 12.3. The molecular weight excluding hydrogens is 264 g/mol. The van der Waals surface area contributed by atoms with Gasteiger partial charge in [0.05, 0.1) is 0 Å². The molecule has 0 saturated heterocycles. The molecule has 1 N–H and O–H groups in total. The Hall–Kier alpha value is -2.07. The van der Waals surface area contributed by atoms with Crippen molar-refractivity contribution >= 4 is 0 Å². The van der Waals surface area contributed by atoms with E-state index in [-0.39, 0.29) is 0 Å². The molecule has 0 aliphatic carbocycles. The number of nitrogens with one attached hydrogen (secondary N) is 1. The zero-order valence-electron chi connectivity index (χ0n) is 12.3. The molecule has 0 radical (unpaired) electrons. The molecule has 110 valence electrons. The van der Waals surface area contributed by atoms with Gasteiger partial charge in [-0.2, -0.15) is 0 Å². The van der Waals surface area contributed by atoms with Crippen molar-refractivity contribution in [2.45, 2.75) is 19.9 Å². The van der Waals surface area contributed by atoms with E-state index in [0.717, 1.165) is 42.1 Å². The van der Waals surface area contributed by atoms with Gasteiger partial charge in [0.25, 0.3) is 0 Å². The molecule has 0 bridgehead atoms. The largest absolute Gasteiger partial charge is 0.486 e. The lowest BCUT2D eigenvalue weighted by atomic mass is 10.1. The molecule has 4 heteroatoms. The minimum Gasteiger partial charge on any atom is -0.486 e. The van der Waals surface area contributed by atoms with Crippen molar-refractivity contribution in [3.05, 3.63) is 42.2 Å². The molecule has 2 heterocycles. The van der Waals surface area contributed by atoms with Gasteiger partial charge < -0.3 is 14.8 Å². The highest BCUT2D eigenvalue weighted by atomic mass is 16.6. The highest BCUT2D eigenvalue weighted by molar-refractivity contribution is 5.67. The van der Waals surface area contributed by atoms with Crippen LogP contribution in [0.5, 0.6) is 11.5 Å². The van der Waals surface area contributed by atoms with Crippen molar-refractivity contribution in [1.82, 2.24) is 10.3 Å². The molecular formula is C17H20N2O2. The van der Waals surface area contributed by atoms with Gasteiger partial charge in [-0.25, -0.2) is 0 Å². The summed E-state index contributed by atoms with van der Waals surface area (Å²) in [6.07, 6.45) is 4.92. The molecule has 1 aliphatic heterocycles. The molecule has 0 atom stereocenters. The van der Waals surface area contributed by atoms with Gasteiger partial charge in [0.15, 0.2) is 11.5 Å². The number of rotatable bonds is 5. The van der Waals surface area contributed by atoms with Crippen molar-refractivity contribution in [3.8, 4) is 22.6 Å². The Kier molecular flexibility index (Phi) is 4.36. The van der Waals surface area contributed by atoms with Crippen LogP contribution in [-0.4, -0.2) is 24.7 Å². The first-order valence-electron chi connectivity index (χ1n) is 7.41. The van der Waals surface area contributed by atoms with E-state index in [9.17, 15) is 0 Å². The van der Waals surface area contributed by atoms with E-state index >= 15 is 0 Å². The monoisotopic (exact) mass is 284 g/mol. The summed E-state index contributed by atoms with van der Waals surface area (Å²) in [5.41, 5.74) is 3.39. The van der Waals surface area contributed by atoms with Crippen molar-refractivity contribution in [2.24, 2.45) is 0 Å². The van der Waals surface area contributed by atoms with Gasteiger partial charge in [-0.1, -0.05) is 13.0 Å². The van der Waals surface area contributed by atoms with Crippen LogP contribution in [0.25, 0.3) is 11.1 Å². The molecule has 0 saturated carbocycles. The number of benzene rings is 1. The summed E-state index contributed by atoms with van der Waals surface area (Å²) in [6.45, 7) is 5.26. The molecule has 0 fully saturated rings. The van der Waals surface area contributed by atoms with Crippen LogP contribution in [-0.2, 0) is 6.54 Å². The Balaban J connectivity index is 1.81. The van der Waals surface area contributed by atoms with E-state index in [1.165, 1.54) is 5.56 Å². The first kappa shape index (κ1) is 13.9. The minimum atomic E-state index is 0.607. The molecule has 1 aromatic heterocycles. The zero-order chi connectivity index (χ0) is 14.5. The number of hydrogen-bond acceptors (Lipinski definition) is 4. The summed E-state index contributed by atoms with van der Waals surface area (Å²) in [5, 5.41) is 3.40. The maximum atomic E-state index is 5.64.